The molecule has 6 N–H and O–H groups in total. The standard InChI is InChI=1S/C55H55N3O14S2/c1-6-57-42-25-21-34(73-72-71-66)30-41(42)55(4,5)46(57)16-9-7-10-17-47-54(2,3)40-14-13-15-45(74(67,68)69)50(40)58(47)27-12-8-11-18-48(61)56-31-39-43(60)26-24-37-49(36-23-20-33(59)29-44(36)70-51(37)39)35-22-19-32(52(62)63)28-38(35)53(64)65/h7,9-10,13-17,19-26,28-30,46,60,66H,6,8,11-12,18,27,31H2,1-5H3,(H,56,61)(H,62,63)(H,64,65)(H,67,68,69). The number of phenolic OH excluding ortho intramolecular Hbond substituents is 1. The Balaban J connectivity index is 0.976. The molecule has 1 amide bonds. The number of phenols is 1. The Morgan fingerprint density at radius 2 is 1.65 bits per heavy atom. The van der Waals surface area contributed by atoms with E-state index >= 15 is 0 Å². The maximum absolute atomic E-state index is 13.4. The highest BCUT2D eigenvalue weighted by molar-refractivity contribution is 7.94. The van der Waals surface area contributed by atoms with Crippen LogP contribution in [0.15, 0.2) is 140 Å². The van der Waals surface area contributed by atoms with E-state index in [4.69, 9.17) is 9.67 Å². The van der Waals surface area contributed by atoms with Crippen LogP contribution in [0.1, 0.15) is 97.7 Å². The van der Waals surface area contributed by atoms with Gasteiger partial charge in [-0.1, -0.05) is 81.7 Å². The van der Waals surface area contributed by atoms with Crippen molar-refractivity contribution in [2.75, 3.05) is 22.9 Å². The van der Waals surface area contributed by atoms with Crippen molar-refractivity contribution in [3.63, 3.8) is 0 Å². The summed E-state index contributed by atoms with van der Waals surface area (Å²) in [5.41, 5.74) is 3.32. The maximum Gasteiger partial charge on any atom is 0.336 e. The van der Waals surface area contributed by atoms with Gasteiger partial charge in [0.15, 0.2) is 5.43 Å². The Morgan fingerprint density at radius 1 is 0.878 bits per heavy atom. The van der Waals surface area contributed by atoms with E-state index < -0.39 is 32.9 Å². The first-order valence-corrected chi connectivity index (χ1v) is 26.0. The minimum absolute atomic E-state index is 0.0105. The van der Waals surface area contributed by atoms with Crippen LogP contribution in [0.5, 0.6) is 5.75 Å². The lowest BCUT2D eigenvalue weighted by molar-refractivity contribution is -0.432. The molecule has 8 rings (SSSR count). The zero-order valence-electron chi connectivity index (χ0n) is 41.1. The van der Waals surface area contributed by atoms with Crippen LogP contribution in [0, 0.1) is 0 Å². The number of allylic oxidation sites excluding steroid dienone is 5. The van der Waals surface area contributed by atoms with Gasteiger partial charge in [-0.25, -0.2) is 14.8 Å². The quantitative estimate of drug-likeness (QED) is 0.00839. The molecule has 0 bridgehead atoms. The number of fused-ring (bicyclic) bond motifs is 4. The fourth-order valence-electron chi connectivity index (χ4n) is 10.3. The monoisotopic (exact) mass is 1050 g/mol. The predicted octanol–water partition coefficient (Wildman–Crippen LogP) is 10.5. The summed E-state index contributed by atoms with van der Waals surface area (Å²) in [5.74, 6) is -3.21. The molecule has 4 aromatic carbocycles. The van der Waals surface area contributed by atoms with E-state index in [0.717, 1.165) is 52.1 Å². The van der Waals surface area contributed by atoms with Gasteiger partial charge in [0.25, 0.3) is 10.1 Å². The highest BCUT2D eigenvalue weighted by atomic mass is 32.2. The van der Waals surface area contributed by atoms with Crippen molar-refractivity contribution in [3.8, 4) is 28.2 Å². The molecule has 0 spiro atoms. The number of carbonyl (C=O) groups excluding carboxylic acids is 1. The number of nitrogens with one attached hydrogen (secondary N) is 1. The molecule has 0 saturated heterocycles. The summed E-state index contributed by atoms with van der Waals surface area (Å²) in [4.78, 5) is 55.0. The van der Waals surface area contributed by atoms with Gasteiger partial charge in [0.05, 0.1) is 47.0 Å². The molecule has 1 aliphatic carbocycles. The number of hydrogen-bond acceptors (Lipinski definition) is 14. The fraction of sp³-hybridized carbons (Fsp3) is 0.273. The second-order valence-electron chi connectivity index (χ2n) is 19.1. The third-order valence-electron chi connectivity index (χ3n) is 13.9. The SMILES string of the molecule is CCN1c2ccc(SOOO)cc2C(C)(C)C1C=CC=CC=C1N(CCCCCC(=O)NCc2c(O)ccc3c(-c4ccc(C(=O)O)cc4C(=O)O)c4ccc(=O)cc-4oc23)c2c(cccc2S(=O)(=O)O)C1(C)C. The molecule has 17 nitrogen and oxygen atoms in total. The number of nitrogens with zero attached hydrogens (tertiary/aromatic N) is 2. The van der Waals surface area contributed by atoms with Gasteiger partial charge in [0, 0.05) is 69.2 Å². The number of amides is 1. The van der Waals surface area contributed by atoms with Crippen molar-refractivity contribution in [1.82, 2.24) is 5.32 Å². The Hall–Kier alpha value is -7.26. The number of hydrogen-bond donors (Lipinski definition) is 6. The average molecular weight is 1050 g/mol. The summed E-state index contributed by atoms with van der Waals surface area (Å²) in [6.07, 6.45) is 11.6. The number of carboxylic acid groups (broad SMARTS) is 2. The van der Waals surface area contributed by atoms with E-state index in [0.29, 0.717) is 48.0 Å². The first kappa shape index (κ1) is 53.0. The summed E-state index contributed by atoms with van der Waals surface area (Å²) in [6, 6.07) is 21.4. The molecule has 1 unspecified atom stereocenters. The molecule has 1 atom stereocenters. The molecular formula is C55H55N3O14S2. The molecule has 386 valence electrons. The van der Waals surface area contributed by atoms with Crippen LogP contribution in [-0.2, 0) is 41.7 Å². The molecule has 0 aromatic heterocycles. The van der Waals surface area contributed by atoms with Gasteiger partial charge in [-0.3, -0.25) is 14.1 Å². The van der Waals surface area contributed by atoms with Crippen molar-refractivity contribution in [3.05, 3.63) is 159 Å². The molecule has 4 aromatic rings. The lowest BCUT2D eigenvalue weighted by Crippen LogP contribution is -2.39. The minimum Gasteiger partial charge on any atom is -0.507 e. The molecule has 74 heavy (non-hydrogen) atoms. The summed E-state index contributed by atoms with van der Waals surface area (Å²) in [5, 5.41) is 46.5. The Morgan fingerprint density at radius 3 is 2.36 bits per heavy atom. The van der Waals surface area contributed by atoms with Crippen molar-refractivity contribution < 1.29 is 61.7 Å². The summed E-state index contributed by atoms with van der Waals surface area (Å²) < 4.78 is 46.9. The maximum atomic E-state index is 13.4. The second-order valence-corrected chi connectivity index (χ2v) is 21.3. The highest BCUT2D eigenvalue weighted by Gasteiger charge is 2.44. The predicted molar refractivity (Wildman–Crippen MR) is 280 cm³/mol. The summed E-state index contributed by atoms with van der Waals surface area (Å²) in [6.45, 7) is 11.4. The van der Waals surface area contributed by atoms with Crippen LogP contribution in [0.4, 0.5) is 11.4 Å². The normalized spacial score (nSPS) is 16.5. The van der Waals surface area contributed by atoms with Gasteiger partial charge in [0.2, 0.25) is 5.91 Å². The van der Waals surface area contributed by atoms with Crippen molar-refractivity contribution >= 4 is 62.4 Å². The number of unbranched alkanes of at least 4 members (excludes halogenated alkanes) is 2. The zero-order chi connectivity index (χ0) is 53.3. The van der Waals surface area contributed by atoms with E-state index in [1.54, 1.807) is 6.07 Å². The number of aromatic hydroxyl groups is 1. The molecule has 0 fully saturated rings. The van der Waals surface area contributed by atoms with E-state index in [2.05, 4.69) is 46.4 Å². The number of para-hydroxylation sites is 1. The van der Waals surface area contributed by atoms with Crippen LogP contribution in [0.3, 0.4) is 0 Å². The van der Waals surface area contributed by atoms with Crippen molar-refractivity contribution in [2.45, 2.75) is 93.5 Å². The average Bonchev–Trinajstić information content (AvgIpc) is 3.71. The van der Waals surface area contributed by atoms with Crippen LogP contribution in [0.2, 0.25) is 0 Å². The molecule has 0 radical (unpaired) electrons. The minimum atomic E-state index is -4.62. The smallest absolute Gasteiger partial charge is 0.336 e. The number of likely N-dealkylation sites (N-methyl/N-ethyl adjacent to an activating group) is 1. The largest absolute Gasteiger partial charge is 0.507 e. The van der Waals surface area contributed by atoms with Gasteiger partial charge in [-0.05, 0) is 103 Å². The van der Waals surface area contributed by atoms with Crippen LogP contribution >= 0.6 is 12.0 Å². The van der Waals surface area contributed by atoms with Crippen molar-refractivity contribution in [2.24, 2.45) is 0 Å². The van der Waals surface area contributed by atoms with Gasteiger partial charge in [0.1, 0.15) is 22.0 Å². The van der Waals surface area contributed by atoms with Crippen LogP contribution < -0.4 is 20.5 Å². The number of anilines is 2. The van der Waals surface area contributed by atoms with E-state index in [1.165, 1.54) is 48.5 Å². The van der Waals surface area contributed by atoms with Crippen LogP contribution in [0.25, 0.3) is 33.4 Å². The number of carbonyl (C=O) groups is 3. The van der Waals surface area contributed by atoms with E-state index in [1.807, 2.05) is 67.3 Å². The van der Waals surface area contributed by atoms with Gasteiger partial charge < -0.3 is 34.9 Å². The third-order valence-corrected chi connectivity index (χ3v) is 15.4. The van der Waals surface area contributed by atoms with Gasteiger partial charge >= 0.3 is 11.9 Å². The number of benzene rings is 5. The lowest BCUT2D eigenvalue weighted by Gasteiger charge is -2.31. The van der Waals surface area contributed by atoms with E-state index in [-0.39, 0.29) is 74.6 Å². The van der Waals surface area contributed by atoms with Crippen molar-refractivity contribution in [1.29, 1.82) is 0 Å². The lowest BCUT2D eigenvalue weighted by atomic mass is 9.80. The van der Waals surface area contributed by atoms with Gasteiger partial charge in [-0.15, -0.1) is 4.33 Å². The fourth-order valence-corrected chi connectivity index (χ4v) is 11.5. The Labute approximate surface area is 431 Å². The molecule has 4 aliphatic rings. The highest BCUT2D eigenvalue weighted by Crippen LogP contribution is 2.51. The van der Waals surface area contributed by atoms with E-state index in [9.17, 15) is 47.5 Å². The molecular weight excluding hydrogens is 991 g/mol. The molecule has 3 heterocycles. The number of rotatable bonds is 19. The van der Waals surface area contributed by atoms with Gasteiger partial charge in [-0.2, -0.15) is 8.42 Å². The molecule has 19 heteroatoms. The Bertz CT molecular complexity index is 3430. The molecule has 0 saturated carbocycles. The summed E-state index contributed by atoms with van der Waals surface area (Å²) in [7, 11) is -4.62. The molecule has 3 aliphatic heterocycles. The number of carboxylic acids is 2. The first-order valence-electron chi connectivity index (χ1n) is 23.8. The summed E-state index contributed by atoms with van der Waals surface area (Å²) >= 11 is 0.912. The zero-order valence-corrected chi connectivity index (χ0v) is 42.8. The first-order chi connectivity index (χ1) is 35.2. The second kappa shape index (κ2) is 21.3. The topological polar surface area (TPSA) is 254 Å². The van der Waals surface area contributed by atoms with Crippen LogP contribution in [-0.4, -0.2) is 70.5 Å². The Kier molecular flexibility index (Phi) is 15.3. The third kappa shape index (κ3) is 10.3. The number of aromatic carboxylic acids is 2.